The fraction of sp³-hybridized carbons (Fsp3) is 0.529. The van der Waals surface area contributed by atoms with E-state index in [-0.39, 0.29) is 0 Å². The Morgan fingerprint density at radius 2 is 2.14 bits per heavy atom. The Hall–Kier alpha value is -1.68. The van der Waals surface area contributed by atoms with E-state index >= 15 is 0 Å². The quantitative estimate of drug-likeness (QED) is 0.917. The molecule has 0 saturated carbocycles. The van der Waals surface area contributed by atoms with Crippen LogP contribution in [0.2, 0.25) is 0 Å². The van der Waals surface area contributed by atoms with Gasteiger partial charge in [0.15, 0.2) is 5.82 Å². The lowest BCUT2D eigenvalue weighted by atomic mass is 9.83. The number of nitrogens with two attached hydrogens (primary N) is 1. The zero-order valence-electron chi connectivity index (χ0n) is 12.6. The largest absolute Gasteiger partial charge is 0.339 e. The molecule has 1 aliphatic carbocycles. The minimum absolute atomic E-state index is 0.393. The summed E-state index contributed by atoms with van der Waals surface area (Å²) in [5.74, 6) is 2.52. The van der Waals surface area contributed by atoms with Crippen LogP contribution >= 0.6 is 0 Å². The number of aromatic nitrogens is 2. The Kier molecular flexibility index (Phi) is 4.34. The van der Waals surface area contributed by atoms with Crippen molar-refractivity contribution >= 4 is 0 Å². The Bertz CT molecular complexity index is 593. The third-order valence-electron chi connectivity index (χ3n) is 4.45. The molecule has 0 spiro atoms. The van der Waals surface area contributed by atoms with E-state index in [0.29, 0.717) is 18.4 Å². The number of nitrogens with zero attached hydrogens (tertiary/aromatic N) is 2. The van der Waals surface area contributed by atoms with Crippen molar-refractivity contribution < 1.29 is 4.52 Å². The van der Waals surface area contributed by atoms with Crippen LogP contribution in [0.4, 0.5) is 0 Å². The molecule has 4 nitrogen and oxygen atoms in total. The molecule has 4 heteroatoms. The molecular weight excluding hydrogens is 262 g/mol. The van der Waals surface area contributed by atoms with Crippen molar-refractivity contribution in [2.45, 2.75) is 44.9 Å². The van der Waals surface area contributed by atoms with Gasteiger partial charge < -0.3 is 10.3 Å². The van der Waals surface area contributed by atoms with Gasteiger partial charge in [0.1, 0.15) is 0 Å². The second-order valence-electron chi connectivity index (χ2n) is 6.13. The van der Waals surface area contributed by atoms with E-state index in [9.17, 15) is 0 Å². The van der Waals surface area contributed by atoms with Crippen LogP contribution < -0.4 is 5.73 Å². The van der Waals surface area contributed by atoms with Crippen molar-refractivity contribution in [1.82, 2.24) is 10.1 Å². The van der Waals surface area contributed by atoms with Crippen molar-refractivity contribution in [2.24, 2.45) is 11.7 Å². The summed E-state index contributed by atoms with van der Waals surface area (Å²) >= 11 is 0. The molecule has 0 amide bonds. The first-order valence-electron chi connectivity index (χ1n) is 7.85. The summed E-state index contributed by atoms with van der Waals surface area (Å²) in [5.41, 5.74) is 8.53. The first kappa shape index (κ1) is 14.3. The van der Waals surface area contributed by atoms with Gasteiger partial charge in [-0.2, -0.15) is 4.98 Å². The molecule has 1 heterocycles. The third-order valence-corrected chi connectivity index (χ3v) is 4.45. The summed E-state index contributed by atoms with van der Waals surface area (Å²) in [6, 6.07) is 8.66. The lowest BCUT2D eigenvalue weighted by Crippen LogP contribution is -2.14. The van der Waals surface area contributed by atoms with Crippen LogP contribution in [0, 0.1) is 5.92 Å². The summed E-state index contributed by atoms with van der Waals surface area (Å²) < 4.78 is 5.40. The number of hydrogen-bond acceptors (Lipinski definition) is 4. The Labute approximate surface area is 125 Å². The molecule has 112 valence electrons. The van der Waals surface area contributed by atoms with Crippen molar-refractivity contribution in [3.8, 4) is 0 Å². The summed E-state index contributed by atoms with van der Waals surface area (Å²) in [6.07, 6.45) is 5.07. The van der Waals surface area contributed by atoms with Gasteiger partial charge in [-0.15, -0.1) is 0 Å². The van der Waals surface area contributed by atoms with Gasteiger partial charge >= 0.3 is 0 Å². The molecule has 1 aromatic heterocycles. The highest BCUT2D eigenvalue weighted by molar-refractivity contribution is 5.31. The molecule has 21 heavy (non-hydrogen) atoms. The van der Waals surface area contributed by atoms with Gasteiger partial charge in [0.05, 0.1) is 0 Å². The van der Waals surface area contributed by atoms with Gasteiger partial charge in [0.25, 0.3) is 0 Å². The van der Waals surface area contributed by atoms with Crippen molar-refractivity contribution in [3.63, 3.8) is 0 Å². The second-order valence-corrected chi connectivity index (χ2v) is 6.13. The summed E-state index contributed by atoms with van der Waals surface area (Å²) in [4.78, 5) is 4.59. The Morgan fingerprint density at radius 3 is 2.95 bits per heavy atom. The minimum atomic E-state index is 0.393. The lowest BCUT2D eigenvalue weighted by Gasteiger charge is -2.21. The van der Waals surface area contributed by atoms with E-state index in [1.54, 1.807) is 0 Å². The molecule has 0 radical (unpaired) electrons. The normalized spacial score (nSPS) is 19.2. The standard InChI is InChI=1S/C17H23N3O/c1-12(11-18)6-9-16-19-17(20-21-16)15-8-7-13-4-2-3-5-14(13)10-15/h2-5,12,15H,6-11,18H2,1H3. The Balaban J connectivity index is 1.65. The van der Waals surface area contributed by atoms with E-state index in [1.807, 2.05) is 0 Å². The number of hydrogen-bond donors (Lipinski definition) is 1. The van der Waals surface area contributed by atoms with Crippen LogP contribution in [-0.4, -0.2) is 16.7 Å². The van der Waals surface area contributed by atoms with Crippen LogP contribution in [0.1, 0.15) is 48.5 Å². The number of fused-ring (bicyclic) bond motifs is 1. The van der Waals surface area contributed by atoms with Crippen LogP contribution in [0.25, 0.3) is 0 Å². The molecule has 2 N–H and O–H groups in total. The van der Waals surface area contributed by atoms with Crippen molar-refractivity contribution in [3.05, 3.63) is 47.1 Å². The van der Waals surface area contributed by atoms with Crippen LogP contribution in [0.3, 0.4) is 0 Å². The molecule has 1 aromatic carbocycles. The molecule has 2 unspecified atom stereocenters. The average Bonchev–Trinajstić information content (AvgIpc) is 3.01. The minimum Gasteiger partial charge on any atom is -0.339 e. The molecule has 0 bridgehead atoms. The molecule has 1 aliphatic rings. The van der Waals surface area contributed by atoms with Gasteiger partial charge in [0.2, 0.25) is 5.89 Å². The lowest BCUT2D eigenvalue weighted by molar-refractivity contribution is 0.356. The summed E-state index contributed by atoms with van der Waals surface area (Å²) in [5, 5.41) is 4.20. The van der Waals surface area contributed by atoms with E-state index < -0.39 is 0 Å². The maximum Gasteiger partial charge on any atom is 0.226 e. The topological polar surface area (TPSA) is 64.9 Å². The van der Waals surface area contributed by atoms with Gasteiger partial charge in [-0.25, -0.2) is 0 Å². The maximum atomic E-state index is 5.64. The highest BCUT2D eigenvalue weighted by atomic mass is 16.5. The fourth-order valence-electron chi connectivity index (χ4n) is 2.94. The van der Waals surface area contributed by atoms with Crippen LogP contribution in [-0.2, 0) is 19.3 Å². The van der Waals surface area contributed by atoms with Crippen molar-refractivity contribution in [2.75, 3.05) is 6.54 Å². The molecule has 3 rings (SSSR count). The first-order chi connectivity index (χ1) is 10.3. The smallest absolute Gasteiger partial charge is 0.226 e. The zero-order chi connectivity index (χ0) is 14.7. The number of benzene rings is 1. The predicted molar refractivity (Wildman–Crippen MR) is 82.0 cm³/mol. The van der Waals surface area contributed by atoms with Gasteiger partial charge in [-0.1, -0.05) is 36.3 Å². The van der Waals surface area contributed by atoms with E-state index in [1.165, 1.54) is 11.1 Å². The van der Waals surface area contributed by atoms with Gasteiger partial charge in [-0.05, 0) is 49.3 Å². The van der Waals surface area contributed by atoms with Gasteiger partial charge in [-0.3, -0.25) is 0 Å². The molecule has 0 saturated heterocycles. The maximum absolute atomic E-state index is 5.64. The molecule has 2 aromatic rings. The highest BCUT2D eigenvalue weighted by Gasteiger charge is 2.24. The van der Waals surface area contributed by atoms with E-state index in [4.69, 9.17) is 10.3 Å². The summed E-state index contributed by atoms with van der Waals surface area (Å²) in [6.45, 7) is 2.86. The second kappa shape index (κ2) is 6.39. The predicted octanol–water partition coefficient (Wildman–Crippen LogP) is 2.87. The first-order valence-corrected chi connectivity index (χ1v) is 7.85. The SMILES string of the molecule is CC(CN)CCc1nc(C2CCc3ccccc3C2)no1. The number of rotatable bonds is 5. The van der Waals surface area contributed by atoms with Crippen LogP contribution in [0.5, 0.6) is 0 Å². The molecule has 0 fully saturated rings. The van der Waals surface area contributed by atoms with Crippen molar-refractivity contribution in [1.29, 1.82) is 0 Å². The van der Waals surface area contributed by atoms with Gasteiger partial charge in [0, 0.05) is 12.3 Å². The average molecular weight is 285 g/mol. The third kappa shape index (κ3) is 3.32. The molecular formula is C17H23N3O. The number of aryl methyl sites for hydroxylation is 2. The fourth-order valence-corrected chi connectivity index (χ4v) is 2.94. The Morgan fingerprint density at radius 1 is 1.33 bits per heavy atom. The highest BCUT2D eigenvalue weighted by Crippen LogP contribution is 2.31. The molecule has 0 aliphatic heterocycles. The molecule has 2 atom stereocenters. The van der Waals surface area contributed by atoms with E-state index in [0.717, 1.165) is 43.8 Å². The zero-order valence-corrected chi connectivity index (χ0v) is 12.6. The monoisotopic (exact) mass is 285 g/mol. The van der Waals surface area contributed by atoms with E-state index in [2.05, 4.69) is 41.3 Å². The van der Waals surface area contributed by atoms with Crippen LogP contribution in [0.15, 0.2) is 28.8 Å². The summed E-state index contributed by atoms with van der Waals surface area (Å²) in [7, 11) is 0.